The molecule has 0 bridgehead atoms. The maximum absolute atomic E-state index is 13.3. The van der Waals surface area contributed by atoms with E-state index in [1.165, 1.54) is 18.2 Å². The van der Waals surface area contributed by atoms with E-state index in [0.29, 0.717) is 16.7 Å². The van der Waals surface area contributed by atoms with Gasteiger partial charge in [0.1, 0.15) is 17.7 Å². The van der Waals surface area contributed by atoms with Gasteiger partial charge < -0.3 is 5.11 Å². The van der Waals surface area contributed by atoms with Gasteiger partial charge in [-0.2, -0.15) is 5.26 Å². The van der Waals surface area contributed by atoms with Crippen LogP contribution in [0.5, 0.6) is 0 Å². The lowest BCUT2D eigenvalue weighted by Crippen LogP contribution is -2.03. The van der Waals surface area contributed by atoms with Gasteiger partial charge in [0.05, 0.1) is 17.0 Å². The second-order valence-electron chi connectivity index (χ2n) is 3.82. The van der Waals surface area contributed by atoms with E-state index in [-0.39, 0.29) is 11.3 Å². The Morgan fingerprint density at radius 2 is 2.30 bits per heavy atom. The van der Waals surface area contributed by atoms with Gasteiger partial charge in [-0.3, -0.25) is 9.36 Å². The minimum atomic E-state index is -0.973. The van der Waals surface area contributed by atoms with Gasteiger partial charge in [-0.05, 0) is 25.1 Å². The van der Waals surface area contributed by atoms with Gasteiger partial charge in [0.2, 0.25) is 0 Å². The number of nitrogens with zero attached hydrogens (tertiary/aromatic N) is 4. The molecule has 20 heavy (non-hydrogen) atoms. The third-order valence-corrected chi connectivity index (χ3v) is 3.36. The number of carboxylic acids is 1. The van der Waals surface area contributed by atoms with Gasteiger partial charge in [0.15, 0.2) is 5.16 Å². The first kappa shape index (κ1) is 14.0. The standard InChI is InChI=1S/C12H9FN4O2S/c1-7-15-16-12(20-6-11(18)19)17(7)9-2-3-10(13)8(4-9)5-14/h2-4H,6H2,1H3,(H,18,19). The number of hydrogen-bond acceptors (Lipinski definition) is 5. The summed E-state index contributed by atoms with van der Waals surface area (Å²) in [7, 11) is 0. The Kier molecular flexibility index (Phi) is 4.00. The smallest absolute Gasteiger partial charge is 0.313 e. The van der Waals surface area contributed by atoms with Gasteiger partial charge in [-0.25, -0.2) is 4.39 Å². The Labute approximate surface area is 117 Å². The lowest BCUT2D eigenvalue weighted by atomic mass is 10.2. The molecule has 2 rings (SSSR count). The van der Waals surface area contributed by atoms with Crippen molar-refractivity contribution in [1.29, 1.82) is 5.26 Å². The number of aliphatic carboxylic acids is 1. The Morgan fingerprint density at radius 3 is 2.95 bits per heavy atom. The zero-order valence-corrected chi connectivity index (χ0v) is 11.2. The first-order chi connectivity index (χ1) is 9.52. The van der Waals surface area contributed by atoms with Crippen LogP contribution in [0.25, 0.3) is 5.69 Å². The predicted molar refractivity (Wildman–Crippen MR) is 69.1 cm³/mol. The number of hydrogen-bond donors (Lipinski definition) is 1. The molecule has 6 nitrogen and oxygen atoms in total. The summed E-state index contributed by atoms with van der Waals surface area (Å²) in [5.41, 5.74) is 0.420. The van der Waals surface area contributed by atoms with Crippen molar-refractivity contribution in [2.45, 2.75) is 12.1 Å². The highest BCUT2D eigenvalue weighted by molar-refractivity contribution is 7.99. The van der Waals surface area contributed by atoms with Crippen LogP contribution in [0.1, 0.15) is 11.4 Å². The molecule has 0 spiro atoms. The summed E-state index contributed by atoms with van der Waals surface area (Å²) >= 11 is 1.00. The molecule has 0 aliphatic rings. The topological polar surface area (TPSA) is 91.8 Å². The average Bonchev–Trinajstić information content (AvgIpc) is 2.78. The molecule has 0 aliphatic heterocycles. The first-order valence-corrected chi connectivity index (χ1v) is 6.48. The van der Waals surface area contributed by atoms with Crippen molar-refractivity contribution >= 4 is 17.7 Å². The van der Waals surface area contributed by atoms with Gasteiger partial charge in [-0.1, -0.05) is 11.8 Å². The molecule has 1 aromatic heterocycles. The van der Waals surface area contributed by atoms with Gasteiger partial charge in [0.25, 0.3) is 0 Å². The highest BCUT2D eigenvalue weighted by Crippen LogP contribution is 2.23. The fourth-order valence-electron chi connectivity index (χ4n) is 1.60. The minimum Gasteiger partial charge on any atom is -0.481 e. The van der Waals surface area contributed by atoms with Crippen molar-refractivity contribution in [2.24, 2.45) is 0 Å². The number of benzene rings is 1. The third-order valence-electron chi connectivity index (χ3n) is 2.45. The van der Waals surface area contributed by atoms with Crippen LogP contribution in [-0.2, 0) is 4.79 Å². The number of carboxylic acid groups (broad SMARTS) is 1. The summed E-state index contributed by atoms with van der Waals surface area (Å²) in [5.74, 6) is -1.22. The van der Waals surface area contributed by atoms with Crippen LogP contribution in [0.15, 0.2) is 23.4 Å². The molecule has 0 saturated heterocycles. The molecule has 1 aromatic carbocycles. The molecule has 0 amide bonds. The molecule has 1 N–H and O–H groups in total. The fraction of sp³-hybridized carbons (Fsp3) is 0.167. The lowest BCUT2D eigenvalue weighted by molar-refractivity contribution is -0.133. The van der Waals surface area contributed by atoms with Crippen LogP contribution in [0.4, 0.5) is 4.39 Å². The van der Waals surface area contributed by atoms with E-state index in [0.717, 1.165) is 11.8 Å². The summed E-state index contributed by atoms with van der Waals surface area (Å²) < 4.78 is 14.9. The third kappa shape index (κ3) is 2.78. The molecule has 2 aromatic rings. The zero-order valence-electron chi connectivity index (χ0n) is 10.4. The molecule has 8 heteroatoms. The normalized spacial score (nSPS) is 10.2. The van der Waals surface area contributed by atoms with Crippen molar-refractivity contribution in [2.75, 3.05) is 5.75 Å². The maximum atomic E-state index is 13.3. The summed E-state index contributed by atoms with van der Waals surface area (Å²) in [6.07, 6.45) is 0. The SMILES string of the molecule is Cc1nnc(SCC(=O)O)n1-c1ccc(F)c(C#N)c1. The van der Waals surface area contributed by atoms with Crippen molar-refractivity contribution in [3.8, 4) is 11.8 Å². The van der Waals surface area contributed by atoms with E-state index >= 15 is 0 Å². The Bertz CT molecular complexity index is 708. The highest BCUT2D eigenvalue weighted by Gasteiger charge is 2.14. The molecular weight excluding hydrogens is 283 g/mol. The van der Waals surface area contributed by atoms with E-state index in [1.807, 2.05) is 0 Å². The van der Waals surface area contributed by atoms with E-state index in [4.69, 9.17) is 10.4 Å². The Hall–Kier alpha value is -2.40. The van der Waals surface area contributed by atoms with Crippen molar-refractivity contribution in [3.05, 3.63) is 35.4 Å². The van der Waals surface area contributed by atoms with Crippen LogP contribution in [0, 0.1) is 24.1 Å². The van der Waals surface area contributed by atoms with Crippen LogP contribution in [0.3, 0.4) is 0 Å². The largest absolute Gasteiger partial charge is 0.481 e. The minimum absolute atomic E-state index is 0.0928. The number of aryl methyl sites for hydroxylation is 1. The summed E-state index contributed by atoms with van der Waals surface area (Å²) in [6, 6.07) is 5.79. The quantitative estimate of drug-likeness (QED) is 0.863. The molecule has 0 aliphatic carbocycles. The van der Waals surface area contributed by atoms with Crippen LogP contribution < -0.4 is 0 Å². The van der Waals surface area contributed by atoms with E-state index in [2.05, 4.69) is 10.2 Å². The summed E-state index contributed by atoms with van der Waals surface area (Å²) in [6.45, 7) is 1.69. The molecule has 1 heterocycles. The molecule has 0 atom stereocenters. The van der Waals surface area contributed by atoms with Gasteiger partial charge in [0, 0.05) is 0 Å². The molecule has 0 saturated carbocycles. The number of aromatic nitrogens is 3. The van der Waals surface area contributed by atoms with E-state index < -0.39 is 11.8 Å². The molecule has 0 unspecified atom stereocenters. The highest BCUT2D eigenvalue weighted by atomic mass is 32.2. The number of carbonyl (C=O) groups is 1. The Morgan fingerprint density at radius 1 is 1.55 bits per heavy atom. The Balaban J connectivity index is 2.44. The number of nitriles is 1. The summed E-state index contributed by atoms with van der Waals surface area (Å²) in [4.78, 5) is 10.6. The molecule has 102 valence electrons. The first-order valence-electron chi connectivity index (χ1n) is 5.49. The van der Waals surface area contributed by atoms with Crippen molar-refractivity contribution in [1.82, 2.24) is 14.8 Å². The van der Waals surface area contributed by atoms with Crippen molar-refractivity contribution < 1.29 is 14.3 Å². The average molecular weight is 292 g/mol. The van der Waals surface area contributed by atoms with E-state index in [9.17, 15) is 9.18 Å². The second kappa shape index (κ2) is 5.71. The van der Waals surface area contributed by atoms with Crippen LogP contribution in [-0.4, -0.2) is 31.6 Å². The van der Waals surface area contributed by atoms with E-state index in [1.54, 1.807) is 17.6 Å². The van der Waals surface area contributed by atoms with Crippen molar-refractivity contribution in [3.63, 3.8) is 0 Å². The monoisotopic (exact) mass is 292 g/mol. The van der Waals surface area contributed by atoms with Crippen LogP contribution in [0.2, 0.25) is 0 Å². The van der Waals surface area contributed by atoms with Crippen LogP contribution >= 0.6 is 11.8 Å². The lowest BCUT2D eigenvalue weighted by Gasteiger charge is -2.08. The molecular formula is C12H9FN4O2S. The maximum Gasteiger partial charge on any atom is 0.313 e. The summed E-state index contributed by atoms with van der Waals surface area (Å²) in [5, 5.41) is 25.7. The molecule has 0 radical (unpaired) electrons. The predicted octanol–water partition coefficient (Wildman–Crippen LogP) is 1.76. The van der Waals surface area contributed by atoms with Gasteiger partial charge >= 0.3 is 5.97 Å². The number of thioether (sulfide) groups is 1. The number of rotatable bonds is 4. The zero-order chi connectivity index (χ0) is 14.7. The second-order valence-corrected chi connectivity index (χ2v) is 4.77. The van der Waals surface area contributed by atoms with Gasteiger partial charge in [-0.15, -0.1) is 10.2 Å². The molecule has 0 fully saturated rings. The fourth-order valence-corrected chi connectivity index (χ4v) is 2.32. The number of halogens is 1.